The number of aryl methyl sites for hydroxylation is 1. The Hall–Kier alpha value is -1.42. The molecule has 0 fully saturated rings. The van der Waals surface area contributed by atoms with Crippen molar-refractivity contribution in [3.05, 3.63) is 23.4 Å². The molecule has 0 saturated heterocycles. The maximum Gasteiger partial charge on any atom is 0.215 e. The second-order valence-electron chi connectivity index (χ2n) is 3.20. The summed E-state index contributed by atoms with van der Waals surface area (Å²) in [5, 5.41) is 0. The second kappa shape index (κ2) is 4.19. The molecule has 4 nitrogen and oxygen atoms in total. The first-order chi connectivity index (χ1) is 6.56. The lowest BCUT2D eigenvalue weighted by Gasteiger charge is -2.07. The van der Waals surface area contributed by atoms with Gasteiger partial charge in [0, 0.05) is 17.3 Å². The third kappa shape index (κ3) is 2.09. The van der Waals surface area contributed by atoms with Gasteiger partial charge in [0.05, 0.1) is 13.2 Å². The van der Waals surface area contributed by atoms with Gasteiger partial charge >= 0.3 is 0 Å². The van der Waals surface area contributed by atoms with E-state index in [0.717, 1.165) is 5.56 Å². The Morgan fingerprint density at radius 3 is 2.71 bits per heavy atom. The Morgan fingerprint density at radius 2 is 2.29 bits per heavy atom. The number of ketones is 1. The van der Waals surface area contributed by atoms with Crippen LogP contribution in [0.4, 0.5) is 0 Å². The molecule has 0 amide bonds. The lowest BCUT2D eigenvalue weighted by atomic mass is 10.1. The van der Waals surface area contributed by atoms with Crippen molar-refractivity contribution < 1.29 is 9.53 Å². The van der Waals surface area contributed by atoms with Crippen LogP contribution < -0.4 is 10.5 Å². The molecule has 4 heteroatoms. The summed E-state index contributed by atoms with van der Waals surface area (Å²) in [6, 6.07) is 1.24. The van der Waals surface area contributed by atoms with Crippen molar-refractivity contribution in [3.63, 3.8) is 0 Å². The lowest BCUT2D eigenvalue weighted by Crippen LogP contribution is -2.26. The lowest BCUT2D eigenvalue weighted by molar-refractivity contribution is 0.0967. The highest BCUT2D eigenvalue weighted by atomic mass is 16.5. The van der Waals surface area contributed by atoms with Crippen LogP contribution in [0.15, 0.2) is 12.3 Å². The summed E-state index contributed by atoms with van der Waals surface area (Å²) in [5.41, 5.74) is 6.84. The van der Waals surface area contributed by atoms with Crippen molar-refractivity contribution >= 4 is 5.78 Å². The number of carbonyl (C=O) groups is 1. The number of methoxy groups -OCH3 is 1. The van der Waals surface area contributed by atoms with E-state index in [-0.39, 0.29) is 5.78 Å². The van der Waals surface area contributed by atoms with Crippen LogP contribution in [0.5, 0.6) is 5.88 Å². The Bertz CT molecular complexity index is 348. The topological polar surface area (TPSA) is 65.2 Å². The molecule has 0 radical (unpaired) electrons. The zero-order valence-electron chi connectivity index (χ0n) is 8.57. The third-order valence-corrected chi connectivity index (χ3v) is 1.92. The minimum absolute atomic E-state index is 0.108. The molecule has 0 saturated carbocycles. The van der Waals surface area contributed by atoms with Crippen molar-refractivity contribution in [2.45, 2.75) is 19.9 Å². The van der Waals surface area contributed by atoms with Crippen LogP contribution in [-0.4, -0.2) is 23.9 Å². The number of rotatable bonds is 3. The monoisotopic (exact) mass is 194 g/mol. The Morgan fingerprint density at radius 1 is 1.64 bits per heavy atom. The van der Waals surface area contributed by atoms with E-state index in [0.29, 0.717) is 11.4 Å². The molecular weight excluding hydrogens is 180 g/mol. The second-order valence-corrected chi connectivity index (χ2v) is 3.20. The van der Waals surface area contributed by atoms with Gasteiger partial charge in [-0.1, -0.05) is 0 Å². The van der Waals surface area contributed by atoms with E-state index in [2.05, 4.69) is 4.98 Å². The smallest absolute Gasteiger partial charge is 0.215 e. The molecule has 1 aromatic rings. The number of nitrogens with zero attached hydrogens (tertiary/aromatic N) is 1. The van der Waals surface area contributed by atoms with Gasteiger partial charge in [0.2, 0.25) is 5.88 Å². The Labute approximate surface area is 83.1 Å². The molecule has 0 spiro atoms. The molecule has 1 aromatic heterocycles. The first-order valence-electron chi connectivity index (χ1n) is 4.36. The molecule has 1 atom stereocenters. The van der Waals surface area contributed by atoms with Gasteiger partial charge in [-0.3, -0.25) is 4.79 Å². The molecule has 1 unspecified atom stereocenters. The summed E-state index contributed by atoms with van der Waals surface area (Å²) >= 11 is 0. The van der Waals surface area contributed by atoms with Gasteiger partial charge in [0.25, 0.3) is 0 Å². The van der Waals surface area contributed by atoms with E-state index >= 15 is 0 Å². The molecule has 1 heterocycles. The van der Waals surface area contributed by atoms with Crippen molar-refractivity contribution in [2.75, 3.05) is 7.11 Å². The fourth-order valence-corrected chi connectivity index (χ4v) is 1.17. The highest BCUT2D eigenvalue weighted by Gasteiger charge is 2.12. The summed E-state index contributed by atoms with van der Waals surface area (Å²) in [6.07, 6.45) is 1.48. The van der Waals surface area contributed by atoms with E-state index in [1.807, 2.05) is 6.92 Å². The maximum atomic E-state index is 11.5. The fourth-order valence-electron chi connectivity index (χ4n) is 1.17. The molecule has 14 heavy (non-hydrogen) atoms. The Kier molecular flexibility index (Phi) is 3.19. The standard InChI is InChI=1S/C10H14N2O2/c1-6-4-8(9(13)7(2)11)5-12-10(6)14-3/h4-5,7H,11H2,1-3H3. The van der Waals surface area contributed by atoms with Crippen LogP contribution >= 0.6 is 0 Å². The summed E-state index contributed by atoms with van der Waals surface area (Å²) in [4.78, 5) is 15.5. The molecular formula is C10H14N2O2. The minimum Gasteiger partial charge on any atom is -0.481 e. The maximum absolute atomic E-state index is 11.5. The van der Waals surface area contributed by atoms with E-state index < -0.39 is 6.04 Å². The van der Waals surface area contributed by atoms with Crippen molar-refractivity contribution in [1.82, 2.24) is 4.98 Å². The number of hydrogen-bond donors (Lipinski definition) is 1. The summed E-state index contributed by atoms with van der Waals surface area (Å²) in [6.45, 7) is 3.49. The van der Waals surface area contributed by atoms with Gasteiger partial charge in [0.15, 0.2) is 5.78 Å². The van der Waals surface area contributed by atoms with Gasteiger partial charge in [-0.25, -0.2) is 4.98 Å². The highest BCUT2D eigenvalue weighted by Crippen LogP contribution is 2.15. The predicted molar refractivity (Wildman–Crippen MR) is 53.5 cm³/mol. The van der Waals surface area contributed by atoms with Crippen molar-refractivity contribution in [2.24, 2.45) is 5.73 Å². The SMILES string of the molecule is COc1ncc(C(=O)C(C)N)cc1C. The van der Waals surface area contributed by atoms with E-state index in [1.165, 1.54) is 6.20 Å². The van der Waals surface area contributed by atoms with Crippen LogP contribution in [0.25, 0.3) is 0 Å². The summed E-state index contributed by atoms with van der Waals surface area (Å²) < 4.78 is 4.99. The first kappa shape index (κ1) is 10.7. The van der Waals surface area contributed by atoms with Crippen LogP contribution in [0.1, 0.15) is 22.8 Å². The number of carbonyl (C=O) groups excluding carboxylic acids is 1. The van der Waals surface area contributed by atoms with Gasteiger partial charge in [-0.05, 0) is 19.9 Å². The predicted octanol–water partition coefficient (Wildman–Crippen LogP) is 0.929. The van der Waals surface area contributed by atoms with Crippen molar-refractivity contribution in [1.29, 1.82) is 0 Å². The van der Waals surface area contributed by atoms with E-state index in [4.69, 9.17) is 10.5 Å². The molecule has 76 valence electrons. The minimum atomic E-state index is -0.496. The number of Topliss-reactive ketones (excluding diaryl/α,β-unsaturated/α-hetero) is 1. The molecule has 0 bridgehead atoms. The molecule has 2 N–H and O–H groups in total. The Balaban J connectivity index is 3.03. The molecule has 0 aliphatic rings. The summed E-state index contributed by atoms with van der Waals surface area (Å²) in [7, 11) is 1.54. The highest BCUT2D eigenvalue weighted by molar-refractivity contribution is 5.99. The number of ether oxygens (including phenoxy) is 1. The number of nitrogens with two attached hydrogens (primary N) is 1. The van der Waals surface area contributed by atoms with Gasteiger partial charge < -0.3 is 10.5 Å². The summed E-state index contributed by atoms with van der Waals surface area (Å²) in [5.74, 6) is 0.425. The number of hydrogen-bond acceptors (Lipinski definition) is 4. The molecule has 0 aliphatic heterocycles. The molecule has 0 aromatic carbocycles. The zero-order chi connectivity index (χ0) is 10.7. The molecule has 0 aliphatic carbocycles. The van der Waals surface area contributed by atoms with Gasteiger partial charge in [-0.2, -0.15) is 0 Å². The van der Waals surface area contributed by atoms with Crippen LogP contribution in [0, 0.1) is 6.92 Å². The van der Waals surface area contributed by atoms with Crippen molar-refractivity contribution in [3.8, 4) is 5.88 Å². The average molecular weight is 194 g/mol. The van der Waals surface area contributed by atoms with Crippen LogP contribution in [-0.2, 0) is 0 Å². The molecule has 1 rings (SSSR count). The van der Waals surface area contributed by atoms with E-state index in [1.54, 1.807) is 20.1 Å². The fraction of sp³-hybridized carbons (Fsp3) is 0.400. The van der Waals surface area contributed by atoms with E-state index in [9.17, 15) is 4.79 Å². The zero-order valence-corrected chi connectivity index (χ0v) is 8.57. The number of aromatic nitrogens is 1. The van der Waals surface area contributed by atoms with Crippen LogP contribution in [0.3, 0.4) is 0 Å². The van der Waals surface area contributed by atoms with Gasteiger partial charge in [-0.15, -0.1) is 0 Å². The third-order valence-electron chi connectivity index (χ3n) is 1.92. The average Bonchev–Trinajstić information content (AvgIpc) is 2.16. The van der Waals surface area contributed by atoms with Crippen LogP contribution in [0.2, 0.25) is 0 Å². The van der Waals surface area contributed by atoms with Gasteiger partial charge in [0.1, 0.15) is 0 Å². The number of pyridine rings is 1. The quantitative estimate of drug-likeness (QED) is 0.727. The largest absolute Gasteiger partial charge is 0.481 e. The first-order valence-corrected chi connectivity index (χ1v) is 4.36. The normalized spacial score (nSPS) is 12.3.